The summed E-state index contributed by atoms with van der Waals surface area (Å²) in [5.74, 6) is -0.703. The number of carbonyl (C=O) groups is 3. The van der Waals surface area contributed by atoms with Crippen molar-refractivity contribution in [3.8, 4) is 5.75 Å². The summed E-state index contributed by atoms with van der Waals surface area (Å²) in [7, 11) is 0. The average molecular weight is 430 g/mol. The number of rotatable bonds is 8. The van der Waals surface area contributed by atoms with E-state index >= 15 is 0 Å². The van der Waals surface area contributed by atoms with Crippen LogP contribution in [0.4, 0.5) is 4.39 Å². The molecule has 2 heterocycles. The van der Waals surface area contributed by atoms with Gasteiger partial charge in [-0.25, -0.2) is 4.39 Å². The van der Waals surface area contributed by atoms with Crippen LogP contribution in [0.5, 0.6) is 5.75 Å². The van der Waals surface area contributed by atoms with Crippen molar-refractivity contribution in [3.63, 3.8) is 0 Å². The number of benzene rings is 1. The maximum absolute atomic E-state index is 13.4. The number of halogens is 1. The summed E-state index contributed by atoms with van der Waals surface area (Å²) in [6.07, 6.45) is 3.87. The summed E-state index contributed by atoms with van der Waals surface area (Å²) in [5, 5.41) is 2.54. The lowest BCUT2D eigenvalue weighted by Crippen LogP contribution is -2.50. The van der Waals surface area contributed by atoms with Crippen molar-refractivity contribution in [1.82, 2.24) is 10.2 Å². The van der Waals surface area contributed by atoms with Gasteiger partial charge in [-0.15, -0.1) is 0 Å². The van der Waals surface area contributed by atoms with Crippen LogP contribution in [0, 0.1) is 5.82 Å². The van der Waals surface area contributed by atoms with Gasteiger partial charge in [-0.05, 0) is 43.3 Å². The van der Waals surface area contributed by atoms with Crippen LogP contribution in [0.25, 0.3) is 6.08 Å². The molecule has 9 heteroatoms. The molecule has 0 radical (unpaired) electrons. The quantitative estimate of drug-likeness (QED) is 0.509. The average Bonchev–Trinajstić information content (AvgIpc) is 3.29. The fraction of sp³-hybridized carbons (Fsp3) is 0.318. The van der Waals surface area contributed by atoms with Gasteiger partial charge >= 0.3 is 0 Å². The van der Waals surface area contributed by atoms with E-state index in [2.05, 4.69) is 5.32 Å². The number of hydrogen-bond donors (Lipinski definition) is 1. The Morgan fingerprint density at radius 2 is 2.16 bits per heavy atom. The molecule has 0 spiro atoms. The van der Waals surface area contributed by atoms with Crippen LogP contribution in [-0.4, -0.2) is 61.4 Å². The van der Waals surface area contributed by atoms with E-state index in [1.165, 1.54) is 37.5 Å². The van der Waals surface area contributed by atoms with Gasteiger partial charge in [0.2, 0.25) is 11.8 Å². The molecule has 2 amide bonds. The lowest BCUT2D eigenvalue weighted by atomic mass is 10.1. The molecule has 2 aromatic rings. The van der Waals surface area contributed by atoms with Crippen molar-refractivity contribution in [2.75, 3.05) is 32.8 Å². The molecule has 1 aromatic heterocycles. The van der Waals surface area contributed by atoms with Crippen LogP contribution in [0.1, 0.15) is 23.0 Å². The van der Waals surface area contributed by atoms with Gasteiger partial charge < -0.3 is 24.1 Å². The Kier molecular flexibility index (Phi) is 7.55. The molecule has 1 atom stereocenters. The second-order valence-electron chi connectivity index (χ2n) is 6.91. The van der Waals surface area contributed by atoms with Crippen molar-refractivity contribution < 1.29 is 32.7 Å². The van der Waals surface area contributed by atoms with Gasteiger partial charge in [-0.3, -0.25) is 14.4 Å². The molecule has 8 nitrogen and oxygen atoms in total. The third-order valence-electron chi connectivity index (χ3n) is 4.59. The van der Waals surface area contributed by atoms with E-state index in [-0.39, 0.29) is 42.7 Å². The molecule has 1 fully saturated rings. The maximum Gasteiger partial charge on any atom is 0.244 e. The molecule has 1 aromatic carbocycles. The SMILES string of the molecule is CC(=O)c1cc(F)ccc1OCC1CN(C(=O)CNC(=O)C=Cc2ccco2)CCO1. The highest BCUT2D eigenvalue weighted by molar-refractivity contribution is 5.96. The molecule has 164 valence electrons. The fourth-order valence-corrected chi connectivity index (χ4v) is 3.01. The summed E-state index contributed by atoms with van der Waals surface area (Å²) >= 11 is 0. The summed E-state index contributed by atoms with van der Waals surface area (Å²) in [6, 6.07) is 7.14. The van der Waals surface area contributed by atoms with E-state index < -0.39 is 17.8 Å². The molecule has 0 saturated carbocycles. The number of ketones is 1. The van der Waals surface area contributed by atoms with Crippen LogP contribution < -0.4 is 10.1 Å². The Hall–Kier alpha value is -3.46. The number of furan rings is 1. The van der Waals surface area contributed by atoms with Crippen LogP contribution in [-0.2, 0) is 14.3 Å². The first-order chi connectivity index (χ1) is 14.9. The van der Waals surface area contributed by atoms with E-state index in [4.69, 9.17) is 13.9 Å². The number of Topliss-reactive ketones (excluding diaryl/α,β-unsaturated/α-hetero) is 1. The molecular formula is C22H23FN2O6. The lowest BCUT2D eigenvalue weighted by Gasteiger charge is -2.33. The first-order valence-electron chi connectivity index (χ1n) is 9.74. The van der Waals surface area contributed by atoms with Crippen molar-refractivity contribution in [1.29, 1.82) is 0 Å². The topological polar surface area (TPSA) is 98.1 Å². The molecule has 1 N–H and O–H groups in total. The van der Waals surface area contributed by atoms with E-state index in [0.717, 1.165) is 6.07 Å². The van der Waals surface area contributed by atoms with Crippen molar-refractivity contribution in [2.24, 2.45) is 0 Å². The fourth-order valence-electron chi connectivity index (χ4n) is 3.01. The normalized spacial score (nSPS) is 16.3. The molecule has 0 aliphatic carbocycles. The van der Waals surface area contributed by atoms with Crippen molar-refractivity contribution in [2.45, 2.75) is 13.0 Å². The predicted molar refractivity (Wildman–Crippen MR) is 109 cm³/mol. The molecule has 31 heavy (non-hydrogen) atoms. The van der Waals surface area contributed by atoms with Gasteiger partial charge in [0.25, 0.3) is 0 Å². The number of hydrogen-bond acceptors (Lipinski definition) is 6. The lowest BCUT2D eigenvalue weighted by molar-refractivity contribution is -0.140. The number of nitrogens with one attached hydrogen (secondary N) is 1. The Morgan fingerprint density at radius 3 is 2.90 bits per heavy atom. The van der Waals surface area contributed by atoms with Gasteiger partial charge in [-0.1, -0.05) is 0 Å². The monoisotopic (exact) mass is 430 g/mol. The zero-order chi connectivity index (χ0) is 22.2. The smallest absolute Gasteiger partial charge is 0.244 e. The van der Waals surface area contributed by atoms with Crippen LogP contribution in [0.2, 0.25) is 0 Å². The highest BCUT2D eigenvalue weighted by Gasteiger charge is 2.25. The molecule has 0 bridgehead atoms. The van der Waals surface area contributed by atoms with Gasteiger partial charge in [0.1, 0.15) is 30.0 Å². The number of nitrogens with zero attached hydrogens (tertiary/aromatic N) is 1. The van der Waals surface area contributed by atoms with Gasteiger partial charge in [0.05, 0.1) is 31.5 Å². The maximum atomic E-state index is 13.4. The molecule has 1 unspecified atom stereocenters. The second-order valence-corrected chi connectivity index (χ2v) is 6.91. The number of carbonyl (C=O) groups excluding carboxylic acids is 3. The number of amides is 2. The van der Waals surface area contributed by atoms with Crippen LogP contribution >= 0.6 is 0 Å². The first kappa shape index (κ1) is 22.2. The largest absolute Gasteiger partial charge is 0.490 e. The number of ether oxygens (including phenoxy) is 2. The third kappa shape index (κ3) is 6.51. The second kappa shape index (κ2) is 10.5. The summed E-state index contributed by atoms with van der Waals surface area (Å²) in [6.45, 7) is 2.25. The van der Waals surface area contributed by atoms with Crippen LogP contribution in [0.15, 0.2) is 47.1 Å². The van der Waals surface area contributed by atoms with Gasteiger partial charge in [0, 0.05) is 12.6 Å². The Bertz CT molecular complexity index is 957. The van der Waals surface area contributed by atoms with Crippen molar-refractivity contribution in [3.05, 3.63) is 59.8 Å². The zero-order valence-electron chi connectivity index (χ0n) is 17.0. The highest BCUT2D eigenvalue weighted by atomic mass is 19.1. The Morgan fingerprint density at radius 1 is 1.32 bits per heavy atom. The highest BCUT2D eigenvalue weighted by Crippen LogP contribution is 2.21. The zero-order valence-corrected chi connectivity index (χ0v) is 17.0. The van der Waals surface area contributed by atoms with Gasteiger partial charge in [-0.2, -0.15) is 0 Å². The molecule has 1 aliphatic rings. The Balaban J connectivity index is 1.47. The van der Waals surface area contributed by atoms with E-state index in [0.29, 0.717) is 18.9 Å². The summed E-state index contributed by atoms with van der Waals surface area (Å²) in [4.78, 5) is 37.5. The summed E-state index contributed by atoms with van der Waals surface area (Å²) in [5.41, 5.74) is 0.147. The summed E-state index contributed by atoms with van der Waals surface area (Å²) < 4.78 is 29.7. The van der Waals surface area contributed by atoms with Crippen molar-refractivity contribution >= 4 is 23.7 Å². The van der Waals surface area contributed by atoms with E-state index in [9.17, 15) is 18.8 Å². The third-order valence-corrected chi connectivity index (χ3v) is 4.59. The van der Waals surface area contributed by atoms with Crippen LogP contribution in [0.3, 0.4) is 0 Å². The number of morpholine rings is 1. The molecule has 3 rings (SSSR count). The minimum Gasteiger partial charge on any atom is -0.490 e. The minimum atomic E-state index is -0.524. The standard InChI is InChI=1S/C22H23FN2O6/c1-15(26)19-11-16(23)4-6-20(19)31-14-18-13-25(8-10-30-18)22(28)12-24-21(27)7-5-17-3-2-9-29-17/h2-7,9,11,18H,8,10,12-14H2,1H3,(H,24,27). The molecule has 1 saturated heterocycles. The predicted octanol–water partition coefficient (Wildman–Crippen LogP) is 2.06. The minimum absolute atomic E-state index is 0.0912. The van der Waals surface area contributed by atoms with E-state index in [1.807, 2.05) is 0 Å². The Labute approximate surface area is 178 Å². The molecular weight excluding hydrogens is 407 g/mol. The van der Waals surface area contributed by atoms with E-state index in [1.54, 1.807) is 17.0 Å². The molecule has 1 aliphatic heterocycles. The first-order valence-corrected chi connectivity index (χ1v) is 9.74. The van der Waals surface area contributed by atoms with Gasteiger partial charge in [0.15, 0.2) is 5.78 Å².